The minimum absolute atomic E-state index is 0.347. The number of piperidine rings is 1. The molecule has 0 unspecified atom stereocenters. The van der Waals surface area contributed by atoms with E-state index in [1.54, 1.807) is 0 Å². The van der Waals surface area contributed by atoms with Crippen LogP contribution in [0.2, 0.25) is 0 Å². The van der Waals surface area contributed by atoms with Gasteiger partial charge in [-0.2, -0.15) is 0 Å². The maximum atomic E-state index is 5.52. The van der Waals surface area contributed by atoms with Gasteiger partial charge in [-0.25, -0.2) is 0 Å². The molecule has 1 N–H and O–H groups in total. The fraction of sp³-hybridized carbons (Fsp3) is 0.600. The third-order valence-electron chi connectivity index (χ3n) is 3.95. The summed E-state index contributed by atoms with van der Waals surface area (Å²) in [5.41, 5.74) is 1.19. The van der Waals surface area contributed by atoms with Crippen molar-refractivity contribution in [1.82, 2.24) is 10.2 Å². The predicted octanol–water partition coefficient (Wildman–Crippen LogP) is 1.85. The second-order valence-electron chi connectivity index (χ2n) is 5.55. The second kappa shape index (κ2) is 5.80. The number of nitrogens with one attached hydrogen (secondary N) is 1. The smallest absolute Gasteiger partial charge is 0.231 e. The molecule has 1 aromatic rings. The van der Waals surface area contributed by atoms with E-state index in [0.717, 1.165) is 30.5 Å². The molecule has 0 amide bonds. The number of hydrogen-bond acceptors (Lipinski definition) is 4. The number of likely N-dealkylation sites (tertiary alicyclic amines) is 1. The van der Waals surface area contributed by atoms with Gasteiger partial charge in [-0.1, -0.05) is 12.1 Å². The molecule has 4 nitrogen and oxygen atoms in total. The summed E-state index contributed by atoms with van der Waals surface area (Å²) in [7, 11) is 2.21. The first-order valence-electron chi connectivity index (χ1n) is 7.09. The number of fused-ring (bicyclic) bond motifs is 1. The van der Waals surface area contributed by atoms with Gasteiger partial charge in [-0.15, -0.1) is 0 Å². The van der Waals surface area contributed by atoms with Crippen LogP contribution >= 0.6 is 0 Å². The predicted molar refractivity (Wildman–Crippen MR) is 74.5 cm³/mol. The number of rotatable bonds is 4. The summed E-state index contributed by atoms with van der Waals surface area (Å²) in [5, 5.41) is 3.56. The topological polar surface area (TPSA) is 33.7 Å². The highest BCUT2D eigenvalue weighted by atomic mass is 16.7. The molecule has 4 heteroatoms. The molecule has 2 heterocycles. The van der Waals surface area contributed by atoms with E-state index >= 15 is 0 Å². The summed E-state index contributed by atoms with van der Waals surface area (Å²) in [6.45, 7) is 4.73. The van der Waals surface area contributed by atoms with Crippen LogP contribution in [0.1, 0.15) is 18.4 Å². The molecule has 0 bridgehead atoms. The molecule has 0 radical (unpaired) electrons. The van der Waals surface area contributed by atoms with E-state index in [9.17, 15) is 0 Å². The third kappa shape index (κ3) is 3.01. The molecule has 0 aliphatic carbocycles. The van der Waals surface area contributed by atoms with Crippen molar-refractivity contribution in [2.75, 3.05) is 33.5 Å². The van der Waals surface area contributed by atoms with Crippen molar-refractivity contribution in [3.8, 4) is 11.5 Å². The molecule has 19 heavy (non-hydrogen) atoms. The SMILES string of the molecule is CN1CCC[C@H](CNCc2cccc3c2OCO3)C1. The average molecular weight is 262 g/mol. The van der Waals surface area contributed by atoms with E-state index in [4.69, 9.17) is 9.47 Å². The lowest BCUT2D eigenvalue weighted by atomic mass is 9.98. The van der Waals surface area contributed by atoms with Crippen LogP contribution in [-0.4, -0.2) is 38.4 Å². The first kappa shape index (κ1) is 12.8. The van der Waals surface area contributed by atoms with E-state index < -0.39 is 0 Å². The first-order valence-corrected chi connectivity index (χ1v) is 7.09. The lowest BCUT2D eigenvalue weighted by Crippen LogP contribution is -2.37. The van der Waals surface area contributed by atoms with E-state index in [-0.39, 0.29) is 0 Å². The highest BCUT2D eigenvalue weighted by molar-refractivity contribution is 5.48. The molecular weight excluding hydrogens is 240 g/mol. The van der Waals surface area contributed by atoms with E-state index in [0.29, 0.717) is 6.79 Å². The number of hydrogen-bond donors (Lipinski definition) is 1. The fourth-order valence-corrected chi connectivity index (χ4v) is 2.98. The molecule has 0 spiro atoms. The summed E-state index contributed by atoms with van der Waals surface area (Å²) >= 11 is 0. The summed E-state index contributed by atoms with van der Waals surface area (Å²) in [6, 6.07) is 6.09. The maximum Gasteiger partial charge on any atom is 0.231 e. The van der Waals surface area contributed by atoms with Crippen LogP contribution in [0.5, 0.6) is 11.5 Å². The van der Waals surface area contributed by atoms with E-state index in [2.05, 4.69) is 23.3 Å². The normalized spacial score (nSPS) is 22.7. The van der Waals surface area contributed by atoms with Gasteiger partial charge in [0, 0.05) is 18.7 Å². The Labute approximate surface area is 114 Å². The van der Waals surface area contributed by atoms with Crippen LogP contribution in [0, 0.1) is 5.92 Å². The zero-order valence-electron chi connectivity index (χ0n) is 11.5. The minimum atomic E-state index is 0.347. The van der Waals surface area contributed by atoms with Crippen LogP contribution < -0.4 is 14.8 Å². The van der Waals surface area contributed by atoms with Crippen LogP contribution in [0.15, 0.2) is 18.2 Å². The zero-order chi connectivity index (χ0) is 13.1. The molecule has 0 aromatic heterocycles. The Kier molecular flexibility index (Phi) is 3.89. The quantitative estimate of drug-likeness (QED) is 0.898. The average Bonchev–Trinajstić information content (AvgIpc) is 2.88. The van der Waals surface area contributed by atoms with Gasteiger partial charge >= 0.3 is 0 Å². The first-order chi connectivity index (χ1) is 9.33. The van der Waals surface area contributed by atoms with Gasteiger partial charge in [-0.3, -0.25) is 0 Å². The summed E-state index contributed by atoms with van der Waals surface area (Å²) in [6.07, 6.45) is 2.66. The lowest BCUT2D eigenvalue weighted by molar-refractivity contribution is 0.173. The van der Waals surface area contributed by atoms with Crippen LogP contribution in [0.25, 0.3) is 0 Å². The number of ether oxygens (including phenoxy) is 2. The van der Waals surface area contributed by atoms with Crippen LogP contribution in [0.4, 0.5) is 0 Å². The van der Waals surface area contributed by atoms with E-state index in [1.165, 1.54) is 31.5 Å². The van der Waals surface area contributed by atoms with Crippen molar-refractivity contribution in [2.24, 2.45) is 5.92 Å². The van der Waals surface area contributed by atoms with Crippen molar-refractivity contribution < 1.29 is 9.47 Å². The fourth-order valence-electron chi connectivity index (χ4n) is 2.98. The van der Waals surface area contributed by atoms with E-state index in [1.807, 2.05) is 12.1 Å². The molecule has 0 saturated carbocycles. The lowest BCUT2D eigenvalue weighted by Gasteiger charge is -2.29. The highest BCUT2D eigenvalue weighted by Crippen LogP contribution is 2.35. The molecule has 1 aromatic carbocycles. The molecule has 1 saturated heterocycles. The molecule has 1 fully saturated rings. The Morgan fingerprint density at radius 3 is 3.21 bits per heavy atom. The molecule has 1 atom stereocenters. The van der Waals surface area contributed by atoms with Gasteiger partial charge in [-0.05, 0) is 45.0 Å². The van der Waals surface area contributed by atoms with Gasteiger partial charge in [0.05, 0.1) is 0 Å². The van der Waals surface area contributed by atoms with Crippen molar-refractivity contribution in [1.29, 1.82) is 0 Å². The highest BCUT2D eigenvalue weighted by Gasteiger charge is 2.19. The van der Waals surface area contributed by atoms with Crippen molar-refractivity contribution in [3.63, 3.8) is 0 Å². The Balaban J connectivity index is 1.51. The van der Waals surface area contributed by atoms with Gasteiger partial charge in [0.2, 0.25) is 6.79 Å². The Morgan fingerprint density at radius 2 is 2.32 bits per heavy atom. The summed E-state index contributed by atoms with van der Waals surface area (Å²) in [5.74, 6) is 2.56. The van der Waals surface area contributed by atoms with Gasteiger partial charge < -0.3 is 19.7 Å². The molecule has 104 valence electrons. The van der Waals surface area contributed by atoms with Gasteiger partial charge in [0.1, 0.15) is 0 Å². The molecule has 3 rings (SSSR count). The largest absolute Gasteiger partial charge is 0.454 e. The number of para-hydroxylation sites is 1. The van der Waals surface area contributed by atoms with Gasteiger partial charge in [0.25, 0.3) is 0 Å². The molecule has 2 aliphatic rings. The zero-order valence-corrected chi connectivity index (χ0v) is 11.5. The Bertz CT molecular complexity index is 436. The van der Waals surface area contributed by atoms with Crippen molar-refractivity contribution in [3.05, 3.63) is 23.8 Å². The second-order valence-corrected chi connectivity index (χ2v) is 5.55. The van der Waals surface area contributed by atoms with Gasteiger partial charge in [0.15, 0.2) is 11.5 Å². The summed E-state index contributed by atoms with van der Waals surface area (Å²) in [4.78, 5) is 2.42. The summed E-state index contributed by atoms with van der Waals surface area (Å²) < 4.78 is 10.9. The van der Waals surface area contributed by atoms with Crippen LogP contribution in [-0.2, 0) is 6.54 Å². The van der Waals surface area contributed by atoms with Crippen molar-refractivity contribution >= 4 is 0 Å². The van der Waals surface area contributed by atoms with Crippen molar-refractivity contribution in [2.45, 2.75) is 19.4 Å². The maximum absolute atomic E-state index is 5.52. The molecular formula is C15H22N2O2. The minimum Gasteiger partial charge on any atom is -0.454 e. The molecule has 2 aliphatic heterocycles. The Morgan fingerprint density at radius 1 is 1.37 bits per heavy atom. The third-order valence-corrected chi connectivity index (χ3v) is 3.95. The number of benzene rings is 1. The monoisotopic (exact) mass is 262 g/mol. The number of nitrogens with zero attached hydrogens (tertiary/aromatic N) is 1. The Hall–Kier alpha value is -1.26. The standard InChI is InChI=1S/C15H22N2O2/c1-17-7-3-4-12(10-17)8-16-9-13-5-2-6-14-15(13)19-11-18-14/h2,5-6,12,16H,3-4,7-11H2,1H3/t12-/m1/s1. The van der Waals surface area contributed by atoms with Crippen LogP contribution in [0.3, 0.4) is 0 Å².